The number of anilines is 1. The van der Waals surface area contributed by atoms with Crippen LogP contribution in [0, 0.1) is 6.92 Å². The topological polar surface area (TPSA) is 45.0 Å². The summed E-state index contributed by atoms with van der Waals surface area (Å²) in [5, 5.41) is 1.26. The number of hydrogen-bond acceptors (Lipinski definition) is 2. The van der Waals surface area contributed by atoms with Crippen molar-refractivity contribution >= 4 is 16.6 Å². The maximum atomic E-state index is 5.68. The molecule has 1 aromatic carbocycles. The van der Waals surface area contributed by atoms with Crippen molar-refractivity contribution in [2.24, 2.45) is 5.73 Å². The first-order chi connectivity index (χ1) is 7.61. The Labute approximate surface area is 96.2 Å². The van der Waals surface area contributed by atoms with E-state index in [1.54, 1.807) is 0 Å². The number of aromatic amines is 1. The fourth-order valence-electron chi connectivity index (χ4n) is 1.90. The molecule has 0 bridgehead atoms. The molecule has 86 valence electrons. The maximum absolute atomic E-state index is 5.68. The summed E-state index contributed by atoms with van der Waals surface area (Å²) in [6.45, 7) is 4.87. The molecule has 0 spiro atoms. The van der Waals surface area contributed by atoms with E-state index in [2.05, 4.69) is 55.0 Å². The van der Waals surface area contributed by atoms with Crippen LogP contribution in [0.25, 0.3) is 10.9 Å². The van der Waals surface area contributed by atoms with Crippen molar-refractivity contribution in [3.8, 4) is 0 Å². The van der Waals surface area contributed by atoms with Crippen molar-refractivity contribution in [2.75, 3.05) is 18.5 Å². The highest BCUT2D eigenvalue weighted by molar-refractivity contribution is 5.84. The lowest BCUT2D eigenvalue weighted by atomic mass is 10.2. The number of fused-ring (bicyclic) bond motifs is 1. The van der Waals surface area contributed by atoms with E-state index in [4.69, 9.17) is 5.73 Å². The number of aromatic nitrogens is 1. The number of rotatable bonds is 3. The number of nitrogens with two attached hydrogens (primary N) is 1. The van der Waals surface area contributed by atoms with Crippen molar-refractivity contribution in [2.45, 2.75) is 19.9 Å². The van der Waals surface area contributed by atoms with E-state index in [9.17, 15) is 0 Å². The summed E-state index contributed by atoms with van der Waals surface area (Å²) in [5.41, 5.74) is 9.28. The van der Waals surface area contributed by atoms with Crippen molar-refractivity contribution in [1.29, 1.82) is 0 Å². The first kappa shape index (κ1) is 11.0. The van der Waals surface area contributed by atoms with Gasteiger partial charge in [0.15, 0.2) is 0 Å². The number of hydrogen-bond donors (Lipinski definition) is 2. The van der Waals surface area contributed by atoms with Crippen LogP contribution in [0.5, 0.6) is 0 Å². The summed E-state index contributed by atoms with van der Waals surface area (Å²) in [6.07, 6.45) is 0. The number of aryl methyl sites for hydroxylation is 1. The highest BCUT2D eigenvalue weighted by Gasteiger charge is 2.08. The van der Waals surface area contributed by atoms with Crippen LogP contribution < -0.4 is 10.6 Å². The minimum absolute atomic E-state index is 0.359. The molecule has 3 heteroatoms. The molecule has 0 amide bonds. The van der Waals surface area contributed by atoms with E-state index >= 15 is 0 Å². The van der Waals surface area contributed by atoms with Gasteiger partial charge >= 0.3 is 0 Å². The molecular formula is C13H19N3. The number of nitrogens with zero attached hydrogens (tertiary/aromatic N) is 1. The van der Waals surface area contributed by atoms with Gasteiger partial charge in [0.05, 0.1) is 0 Å². The normalized spacial score (nSPS) is 13.0. The van der Waals surface area contributed by atoms with Crippen LogP contribution in [0.4, 0.5) is 5.69 Å². The Morgan fingerprint density at radius 3 is 2.81 bits per heavy atom. The summed E-state index contributed by atoms with van der Waals surface area (Å²) in [5.74, 6) is 0. The van der Waals surface area contributed by atoms with Gasteiger partial charge in [-0.2, -0.15) is 0 Å². The number of benzene rings is 1. The lowest BCUT2D eigenvalue weighted by Gasteiger charge is -2.25. The summed E-state index contributed by atoms with van der Waals surface area (Å²) >= 11 is 0. The molecule has 0 saturated carbocycles. The van der Waals surface area contributed by atoms with E-state index in [1.807, 2.05) is 0 Å². The van der Waals surface area contributed by atoms with Gasteiger partial charge in [0.2, 0.25) is 0 Å². The smallest absolute Gasteiger partial charge is 0.0457 e. The predicted molar refractivity (Wildman–Crippen MR) is 70.0 cm³/mol. The molecule has 0 aliphatic rings. The average molecular weight is 217 g/mol. The summed E-state index contributed by atoms with van der Waals surface area (Å²) in [4.78, 5) is 5.53. The van der Waals surface area contributed by atoms with Gasteiger partial charge in [0.1, 0.15) is 0 Å². The monoisotopic (exact) mass is 217 g/mol. The zero-order valence-electron chi connectivity index (χ0n) is 10.1. The van der Waals surface area contributed by atoms with Gasteiger partial charge in [0.25, 0.3) is 0 Å². The lowest BCUT2D eigenvalue weighted by Crippen LogP contribution is -2.35. The van der Waals surface area contributed by atoms with E-state index < -0.39 is 0 Å². The van der Waals surface area contributed by atoms with E-state index in [-0.39, 0.29) is 0 Å². The van der Waals surface area contributed by atoms with E-state index in [1.165, 1.54) is 22.3 Å². The molecule has 1 heterocycles. The zero-order chi connectivity index (χ0) is 11.7. The maximum Gasteiger partial charge on any atom is 0.0457 e. The average Bonchev–Trinajstić information content (AvgIpc) is 2.65. The number of nitrogens with one attached hydrogen (secondary N) is 1. The van der Waals surface area contributed by atoms with Crippen LogP contribution in [0.1, 0.15) is 12.6 Å². The Balaban J connectivity index is 2.38. The first-order valence-corrected chi connectivity index (χ1v) is 5.64. The second kappa shape index (κ2) is 4.18. The molecule has 2 aromatic rings. The van der Waals surface area contributed by atoms with Gasteiger partial charge in [-0.1, -0.05) is 0 Å². The van der Waals surface area contributed by atoms with Crippen LogP contribution in [0.15, 0.2) is 24.3 Å². The fourth-order valence-corrected chi connectivity index (χ4v) is 1.90. The number of H-pyrrole nitrogens is 1. The van der Waals surface area contributed by atoms with Crippen molar-refractivity contribution in [3.63, 3.8) is 0 Å². The molecule has 1 atom stereocenters. The third-order valence-electron chi connectivity index (χ3n) is 3.15. The Hall–Kier alpha value is -1.48. The van der Waals surface area contributed by atoms with Gasteiger partial charge in [-0.3, -0.25) is 0 Å². The van der Waals surface area contributed by atoms with Gasteiger partial charge in [0, 0.05) is 41.9 Å². The lowest BCUT2D eigenvalue weighted by molar-refractivity contribution is 0.696. The predicted octanol–water partition coefficient (Wildman–Crippen LogP) is 2.26. The molecule has 3 nitrogen and oxygen atoms in total. The van der Waals surface area contributed by atoms with Crippen LogP contribution in [-0.2, 0) is 0 Å². The largest absolute Gasteiger partial charge is 0.371 e. The second-order valence-electron chi connectivity index (χ2n) is 4.42. The molecule has 1 aromatic heterocycles. The summed E-state index contributed by atoms with van der Waals surface area (Å²) in [6, 6.07) is 8.98. The quantitative estimate of drug-likeness (QED) is 0.828. The molecule has 1 unspecified atom stereocenters. The highest BCUT2D eigenvalue weighted by Crippen LogP contribution is 2.22. The molecule has 0 fully saturated rings. The highest BCUT2D eigenvalue weighted by atomic mass is 15.1. The molecule has 3 N–H and O–H groups in total. The minimum atomic E-state index is 0.359. The summed E-state index contributed by atoms with van der Waals surface area (Å²) in [7, 11) is 2.08. The SMILES string of the molecule is Cc1cc2cc(N(C)C(C)CN)ccc2[nH]1. The molecule has 0 radical (unpaired) electrons. The Morgan fingerprint density at radius 2 is 2.12 bits per heavy atom. The Bertz CT molecular complexity index is 487. The molecule has 16 heavy (non-hydrogen) atoms. The third kappa shape index (κ3) is 1.91. The molecular weight excluding hydrogens is 198 g/mol. The Kier molecular flexibility index (Phi) is 2.88. The second-order valence-corrected chi connectivity index (χ2v) is 4.42. The third-order valence-corrected chi connectivity index (χ3v) is 3.15. The minimum Gasteiger partial charge on any atom is -0.371 e. The van der Waals surface area contributed by atoms with Gasteiger partial charge in [-0.15, -0.1) is 0 Å². The van der Waals surface area contributed by atoms with Crippen LogP contribution in [0.3, 0.4) is 0 Å². The van der Waals surface area contributed by atoms with Gasteiger partial charge in [-0.25, -0.2) is 0 Å². The molecule has 0 aliphatic heterocycles. The van der Waals surface area contributed by atoms with Crippen molar-refractivity contribution in [1.82, 2.24) is 4.98 Å². The van der Waals surface area contributed by atoms with E-state index in [0.717, 1.165) is 0 Å². The molecule has 0 saturated heterocycles. The van der Waals surface area contributed by atoms with Crippen molar-refractivity contribution in [3.05, 3.63) is 30.0 Å². The molecule has 2 rings (SSSR count). The van der Waals surface area contributed by atoms with Crippen LogP contribution in [0.2, 0.25) is 0 Å². The standard InChI is InChI=1S/C13H19N3/c1-9-6-11-7-12(4-5-13(11)15-9)16(3)10(2)8-14/h4-7,10,15H,8,14H2,1-3H3. The first-order valence-electron chi connectivity index (χ1n) is 5.64. The van der Waals surface area contributed by atoms with Gasteiger partial charge in [-0.05, 0) is 38.1 Å². The fraction of sp³-hybridized carbons (Fsp3) is 0.385. The van der Waals surface area contributed by atoms with Gasteiger partial charge < -0.3 is 15.6 Å². The summed E-state index contributed by atoms with van der Waals surface area (Å²) < 4.78 is 0. The van der Waals surface area contributed by atoms with E-state index in [0.29, 0.717) is 12.6 Å². The number of likely N-dealkylation sites (N-methyl/N-ethyl adjacent to an activating group) is 1. The zero-order valence-corrected chi connectivity index (χ0v) is 10.1. The van der Waals surface area contributed by atoms with Crippen LogP contribution >= 0.6 is 0 Å². The van der Waals surface area contributed by atoms with Crippen LogP contribution in [-0.4, -0.2) is 24.6 Å². The molecule has 0 aliphatic carbocycles. The van der Waals surface area contributed by atoms with Crippen molar-refractivity contribution < 1.29 is 0 Å². The Morgan fingerprint density at radius 1 is 1.38 bits per heavy atom.